The maximum atomic E-state index is 12.6. The van der Waals surface area contributed by atoms with Gasteiger partial charge in [0.15, 0.2) is 0 Å². The summed E-state index contributed by atoms with van der Waals surface area (Å²) in [5.41, 5.74) is 1.93. The molecule has 8 nitrogen and oxygen atoms in total. The van der Waals surface area contributed by atoms with Gasteiger partial charge in [0.2, 0.25) is 11.8 Å². The van der Waals surface area contributed by atoms with E-state index in [9.17, 15) is 4.79 Å². The Bertz CT molecular complexity index is 937. The Labute approximate surface area is 163 Å². The van der Waals surface area contributed by atoms with Crippen molar-refractivity contribution in [1.29, 1.82) is 0 Å². The number of nitrogens with zero attached hydrogens (tertiary/aromatic N) is 5. The zero-order valence-electron chi connectivity index (χ0n) is 16.1. The molecule has 1 amide bonds. The molecule has 0 radical (unpaired) electrons. The fraction of sp³-hybridized carbons (Fsp3) is 0.400. The number of imidazole rings is 1. The van der Waals surface area contributed by atoms with E-state index in [1.165, 1.54) is 6.33 Å². The number of benzene rings is 1. The number of fused-ring (bicyclic) bond motifs is 1. The number of nitrogens with one attached hydrogen (secondary N) is 1. The number of ether oxygens (including phenoxy) is 1. The highest BCUT2D eigenvalue weighted by Gasteiger charge is 2.28. The number of hydrogen-bond donors (Lipinski definition) is 1. The molecule has 0 spiro atoms. The molecule has 1 saturated heterocycles. The smallest absolute Gasteiger partial charge is 0.223 e. The van der Waals surface area contributed by atoms with Gasteiger partial charge in [-0.15, -0.1) is 0 Å². The van der Waals surface area contributed by atoms with E-state index in [-0.39, 0.29) is 12.0 Å². The van der Waals surface area contributed by atoms with Crippen molar-refractivity contribution in [3.05, 3.63) is 42.5 Å². The minimum Gasteiger partial charge on any atom is -0.472 e. The first-order valence-corrected chi connectivity index (χ1v) is 9.46. The summed E-state index contributed by atoms with van der Waals surface area (Å²) in [4.78, 5) is 32.5. The quantitative estimate of drug-likeness (QED) is 0.704. The van der Waals surface area contributed by atoms with Gasteiger partial charge in [0, 0.05) is 46.0 Å². The van der Waals surface area contributed by atoms with Gasteiger partial charge in [-0.05, 0) is 12.1 Å². The van der Waals surface area contributed by atoms with Crippen molar-refractivity contribution in [3.63, 3.8) is 0 Å². The van der Waals surface area contributed by atoms with Crippen LogP contribution in [0.15, 0.2) is 36.7 Å². The third-order valence-electron chi connectivity index (χ3n) is 4.88. The SMILES string of the molecule is CN(C)c1cc(OC2CCN(C(=O)CCc3nc4ccccc4[nH]3)C2)ncn1. The van der Waals surface area contributed by atoms with Crippen LogP contribution in [0.2, 0.25) is 0 Å². The predicted octanol–water partition coefficient (Wildman–Crippen LogP) is 2.03. The maximum Gasteiger partial charge on any atom is 0.223 e. The third kappa shape index (κ3) is 4.05. The fourth-order valence-corrected chi connectivity index (χ4v) is 3.37. The van der Waals surface area contributed by atoms with Crippen LogP contribution in [0.3, 0.4) is 0 Å². The van der Waals surface area contributed by atoms with Crippen LogP contribution in [-0.2, 0) is 11.2 Å². The molecule has 3 heterocycles. The molecule has 146 valence electrons. The van der Waals surface area contributed by atoms with Crippen LogP contribution in [0.1, 0.15) is 18.7 Å². The van der Waals surface area contributed by atoms with Crippen molar-refractivity contribution >= 4 is 22.8 Å². The van der Waals surface area contributed by atoms with E-state index in [1.54, 1.807) is 0 Å². The largest absolute Gasteiger partial charge is 0.472 e. The van der Waals surface area contributed by atoms with Crippen LogP contribution in [0.5, 0.6) is 5.88 Å². The van der Waals surface area contributed by atoms with E-state index in [4.69, 9.17) is 4.74 Å². The van der Waals surface area contributed by atoms with Crippen molar-refractivity contribution in [3.8, 4) is 5.88 Å². The first-order chi connectivity index (χ1) is 13.6. The van der Waals surface area contributed by atoms with Crippen molar-refractivity contribution in [2.75, 3.05) is 32.1 Å². The molecule has 1 unspecified atom stereocenters. The number of rotatable bonds is 6. The number of likely N-dealkylation sites (tertiary alicyclic amines) is 1. The minimum absolute atomic E-state index is 0.0416. The second kappa shape index (κ2) is 7.84. The Balaban J connectivity index is 1.29. The topological polar surface area (TPSA) is 87.2 Å². The summed E-state index contributed by atoms with van der Waals surface area (Å²) in [6.45, 7) is 1.29. The molecule has 1 N–H and O–H groups in total. The van der Waals surface area contributed by atoms with Gasteiger partial charge in [0.05, 0.1) is 17.6 Å². The Morgan fingerprint density at radius 3 is 3.00 bits per heavy atom. The number of para-hydroxylation sites is 2. The molecule has 1 fully saturated rings. The number of aromatic amines is 1. The maximum absolute atomic E-state index is 12.6. The van der Waals surface area contributed by atoms with E-state index >= 15 is 0 Å². The second-order valence-corrected chi connectivity index (χ2v) is 7.18. The molecule has 0 aliphatic carbocycles. The van der Waals surface area contributed by atoms with Crippen LogP contribution in [0, 0.1) is 0 Å². The lowest BCUT2D eigenvalue weighted by Gasteiger charge is -2.17. The van der Waals surface area contributed by atoms with Crippen LogP contribution in [0.25, 0.3) is 11.0 Å². The lowest BCUT2D eigenvalue weighted by molar-refractivity contribution is -0.130. The van der Waals surface area contributed by atoms with Gasteiger partial charge in [-0.3, -0.25) is 4.79 Å². The molecule has 2 aromatic heterocycles. The van der Waals surface area contributed by atoms with E-state index < -0.39 is 0 Å². The standard InChI is InChI=1S/C20H24N6O2/c1-25(2)18-11-19(22-13-21-18)28-14-9-10-26(12-14)20(27)8-7-17-23-15-5-3-4-6-16(15)24-17/h3-6,11,13-14H,7-10,12H2,1-2H3,(H,23,24). The molecule has 1 aromatic carbocycles. The average molecular weight is 380 g/mol. The van der Waals surface area contributed by atoms with Crippen molar-refractivity contribution in [2.45, 2.75) is 25.4 Å². The van der Waals surface area contributed by atoms with Crippen LogP contribution in [-0.4, -0.2) is 64.0 Å². The summed E-state index contributed by atoms with van der Waals surface area (Å²) in [5.74, 6) is 2.31. The van der Waals surface area contributed by atoms with Gasteiger partial charge in [0.25, 0.3) is 0 Å². The molecule has 1 atom stereocenters. The molecule has 28 heavy (non-hydrogen) atoms. The van der Waals surface area contributed by atoms with Gasteiger partial charge < -0.3 is 19.5 Å². The Kier molecular flexibility index (Phi) is 5.10. The molecule has 1 aliphatic heterocycles. The summed E-state index contributed by atoms with van der Waals surface area (Å²) in [5, 5.41) is 0. The molecule has 4 rings (SSSR count). The van der Waals surface area contributed by atoms with Crippen molar-refractivity contribution < 1.29 is 9.53 Å². The first-order valence-electron chi connectivity index (χ1n) is 9.46. The van der Waals surface area contributed by atoms with E-state index in [2.05, 4.69) is 19.9 Å². The Hall–Kier alpha value is -3.16. The zero-order chi connectivity index (χ0) is 19.5. The molecule has 0 bridgehead atoms. The number of aromatic nitrogens is 4. The highest BCUT2D eigenvalue weighted by molar-refractivity contribution is 5.77. The van der Waals surface area contributed by atoms with Crippen molar-refractivity contribution in [1.82, 2.24) is 24.8 Å². The number of anilines is 1. The summed E-state index contributed by atoms with van der Waals surface area (Å²) >= 11 is 0. The molecule has 1 aliphatic rings. The predicted molar refractivity (Wildman–Crippen MR) is 106 cm³/mol. The number of carbonyl (C=O) groups excluding carboxylic acids is 1. The summed E-state index contributed by atoms with van der Waals surface area (Å²) in [6, 6.07) is 9.70. The molecule has 3 aromatic rings. The monoisotopic (exact) mass is 380 g/mol. The zero-order valence-corrected chi connectivity index (χ0v) is 16.1. The van der Waals surface area contributed by atoms with Crippen LogP contribution in [0.4, 0.5) is 5.82 Å². The van der Waals surface area contributed by atoms with Crippen LogP contribution >= 0.6 is 0 Å². The molecule has 8 heteroatoms. The molecule has 0 saturated carbocycles. The Morgan fingerprint density at radius 2 is 2.18 bits per heavy atom. The average Bonchev–Trinajstić information content (AvgIpc) is 3.33. The second-order valence-electron chi connectivity index (χ2n) is 7.18. The first kappa shape index (κ1) is 18.2. The van der Waals surface area contributed by atoms with E-state index in [0.717, 1.165) is 29.1 Å². The van der Waals surface area contributed by atoms with Gasteiger partial charge in [-0.25, -0.2) is 15.0 Å². The van der Waals surface area contributed by atoms with E-state index in [1.807, 2.05) is 54.2 Å². The van der Waals surface area contributed by atoms with Gasteiger partial charge in [0.1, 0.15) is 24.1 Å². The molecular weight excluding hydrogens is 356 g/mol. The number of H-pyrrole nitrogens is 1. The third-order valence-corrected chi connectivity index (χ3v) is 4.88. The fourth-order valence-electron chi connectivity index (χ4n) is 3.37. The van der Waals surface area contributed by atoms with E-state index in [0.29, 0.717) is 31.8 Å². The Morgan fingerprint density at radius 1 is 1.32 bits per heavy atom. The summed E-state index contributed by atoms with van der Waals surface area (Å²) in [7, 11) is 3.84. The summed E-state index contributed by atoms with van der Waals surface area (Å²) in [6.07, 6.45) is 3.30. The number of aryl methyl sites for hydroxylation is 1. The van der Waals surface area contributed by atoms with Gasteiger partial charge >= 0.3 is 0 Å². The number of hydrogen-bond acceptors (Lipinski definition) is 6. The number of carbonyl (C=O) groups is 1. The number of amides is 1. The van der Waals surface area contributed by atoms with Crippen molar-refractivity contribution in [2.24, 2.45) is 0 Å². The van der Waals surface area contributed by atoms with Gasteiger partial charge in [-0.2, -0.15) is 0 Å². The molecular formula is C20H24N6O2. The van der Waals surface area contributed by atoms with Gasteiger partial charge in [-0.1, -0.05) is 12.1 Å². The highest BCUT2D eigenvalue weighted by atomic mass is 16.5. The minimum atomic E-state index is -0.0416. The lowest BCUT2D eigenvalue weighted by Crippen LogP contribution is -2.31. The summed E-state index contributed by atoms with van der Waals surface area (Å²) < 4.78 is 5.96. The highest BCUT2D eigenvalue weighted by Crippen LogP contribution is 2.20. The normalized spacial score (nSPS) is 16.5. The lowest BCUT2D eigenvalue weighted by atomic mass is 10.2. The van der Waals surface area contributed by atoms with Crippen LogP contribution < -0.4 is 9.64 Å².